The minimum Gasteiger partial charge on any atom is -0.316 e. The predicted molar refractivity (Wildman–Crippen MR) is 73.3 cm³/mol. The van der Waals surface area contributed by atoms with E-state index in [2.05, 4.69) is 29.0 Å². The maximum Gasteiger partial charge on any atom is 0.0110 e. The molecule has 100 valence electrons. The summed E-state index contributed by atoms with van der Waals surface area (Å²) in [5, 5.41) is 3.52. The van der Waals surface area contributed by atoms with Crippen LogP contribution >= 0.6 is 0 Å². The number of piperazine rings is 1. The van der Waals surface area contributed by atoms with E-state index in [9.17, 15) is 0 Å². The standard InChI is InChI=1S/C14H29N3/c1-13(2)11-16-6-8-17(9-7-16)12-14-4-3-5-15-10-14/h13-15H,3-12H2,1-2H3/t14-/m1/s1. The first-order valence-electron chi connectivity index (χ1n) is 7.39. The van der Waals surface area contributed by atoms with E-state index in [-0.39, 0.29) is 0 Å². The number of hydrogen-bond acceptors (Lipinski definition) is 3. The third kappa shape index (κ3) is 4.57. The number of nitrogens with zero attached hydrogens (tertiary/aromatic N) is 2. The van der Waals surface area contributed by atoms with E-state index in [1.165, 1.54) is 65.2 Å². The molecular weight excluding hydrogens is 210 g/mol. The van der Waals surface area contributed by atoms with E-state index in [1.54, 1.807) is 0 Å². The molecule has 0 aliphatic carbocycles. The van der Waals surface area contributed by atoms with E-state index >= 15 is 0 Å². The van der Waals surface area contributed by atoms with Gasteiger partial charge in [-0.2, -0.15) is 0 Å². The second-order valence-corrected chi connectivity index (χ2v) is 6.21. The summed E-state index contributed by atoms with van der Waals surface area (Å²) in [4.78, 5) is 5.30. The maximum absolute atomic E-state index is 3.52. The average molecular weight is 239 g/mol. The summed E-state index contributed by atoms with van der Waals surface area (Å²) in [5.74, 6) is 1.71. The van der Waals surface area contributed by atoms with Crippen molar-refractivity contribution in [2.45, 2.75) is 26.7 Å². The Hall–Kier alpha value is -0.120. The van der Waals surface area contributed by atoms with Crippen molar-refractivity contribution in [2.75, 3.05) is 52.4 Å². The lowest BCUT2D eigenvalue weighted by molar-refractivity contribution is 0.104. The first-order valence-corrected chi connectivity index (χ1v) is 7.39. The highest BCUT2D eigenvalue weighted by atomic mass is 15.3. The molecule has 0 saturated carbocycles. The summed E-state index contributed by atoms with van der Waals surface area (Å²) >= 11 is 0. The largest absolute Gasteiger partial charge is 0.316 e. The first-order chi connectivity index (χ1) is 8.24. The molecule has 2 aliphatic heterocycles. The van der Waals surface area contributed by atoms with Gasteiger partial charge < -0.3 is 15.1 Å². The molecule has 0 aromatic rings. The first kappa shape index (κ1) is 13.3. The molecule has 0 unspecified atom stereocenters. The van der Waals surface area contributed by atoms with Crippen molar-refractivity contribution in [3.8, 4) is 0 Å². The molecule has 1 atom stereocenters. The van der Waals surface area contributed by atoms with E-state index in [0.717, 1.165) is 11.8 Å². The fraction of sp³-hybridized carbons (Fsp3) is 1.00. The Bertz CT molecular complexity index is 204. The maximum atomic E-state index is 3.52. The molecule has 0 amide bonds. The molecule has 0 spiro atoms. The Balaban J connectivity index is 1.64. The zero-order chi connectivity index (χ0) is 12.1. The third-order valence-electron chi connectivity index (χ3n) is 4.00. The van der Waals surface area contributed by atoms with Crippen LogP contribution in [-0.4, -0.2) is 62.2 Å². The second-order valence-electron chi connectivity index (χ2n) is 6.21. The Morgan fingerprint density at radius 3 is 2.41 bits per heavy atom. The highest BCUT2D eigenvalue weighted by molar-refractivity contribution is 4.77. The van der Waals surface area contributed by atoms with Crippen LogP contribution in [0.5, 0.6) is 0 Å². The van der Waals surface area contributed by atoms with Crippen molar-refractivity contribution in [1.29, 1.82) is 0 Å². The molecule has 2 aliphatic rings. The van der Waals surface area contributed by atoms with Gasteiger partial charge in [-0.05, 0) is 37.8 Å². The van der Waals surface area contributed by atoms with Gasteiger partial charge in [-0.15, -0.1) is 0 Å². The van der Waals surface area contributed by atoms with E-state index in [1.807, 2.05) is 0 Å². The van der Waals surface area contributed by atoms with Gasteiger partial charge >= 0.3 is 0 Å². The lowest BCUT2D eigenvalue weighted by Crippen LogP contribution is -2.49. The summed E-state index contributed by atoms with van der Waals surface area (Å²) in [7, 11) is 0. The van der Waals surface area contributed by atoms with Gasteiger partial charge in [0.15, 0.2) is 0 Å². The minimum atomic E-state index is 0.809. The van der Waals surface area contributed by atoms with Crippen LogP contribution in [0.25, 0.3) is 0 Å². The number of rotatable bonds is 4. The molecule has 2 rings (SSSR count). The molecule has 3 nitrogen and oxygen atoms in total. The summed E-state index contributed by atoms with van der Waals surface area (Å²) in [6.45, 7) is 14.8. The number of nitrogens with one attached hydrogen (secondary N) is 1. The van der Waals surface area contributed by atoms with Gasteiger partial charge in [-0.25, -0.2) is 0 Å². The van der Waals surface area contributed by atoms with Crippen LogP contribution in [0.1, 0.15) is 26.7 Å². The molecular formula is C14H29N3. The molecule has 1 N–H and O–H groups in total. The van der Waals surface area contributed by atoms with Crippen LogP contribution in [-0.2, 0) is 0 Å². The fourth-order valence-corrected chi connectivity index (χ4v) is 3.12. The van der Waals surface area contributed by atoms with Gasteiger partial charge in [-0.1, -0.05) is 13.8 Å². The monoisotopic (exact) mass is 239 g/mol. The zero-order valence-electron chi connectivity index (χ0n) is 11.6. The minimum absolute atomic E-state index is 0.809. The molecule has 3 heteroatoms. The smallest absolute Gasteiger partial charge is 0.0110 e. The van der Waals surface area contributed by atoms with Gasteiger partial charge in [0.25, 0.3) is 0 Å². The molecule has 0 bridgehead atoms. The van der Waals surface area contributed by atoms with Crippen LogP contribution in [0.3, 0.4) is 0 Å². The van der Waals surface area contributed by atoms with Crippen LogP contribution in [0.2, 0.25) is 0 Å². The van der Waals surface area contributed by atoms with Gasteiger partial charge in [-0.3, -0.25) is 0 Å². The SMILES string of the molecule is CC(C)CN1CCN(C[C@@H]2CCCNC2)CC1. The van der Waals surface area contributed by atoms with Crippen molar-refractivity contribution < 1.29 is 0 Å². The topological polar surface area (TPSA) is 18.5 Å². The Labute approximate surface area is 107 Å². The number of hydrogen-bond donors (Lipinski definition) is 1. The molecule has 0 aromatic carbocycles. The normalized spacial score (nSPS) is 28.8. The predicted octanol–water partition coefficient (Wildman–Crippen LogP) is 1.26. The average Bonchev–Trinajstić information content (AvgIpc) is 2.32. The fourth-order valence-electron chi connectivity index (χ4n) is 3.12. The van der Waals surface area contributed by atoms with Gasteiger partial charge in [0.1, 0.15) is 0 Å². The van der Waals surface area contributed by atoms with Crippen molar-refractivity contribution in [3.05, 3.63) is 0 Å². The van der Waals surface area contributed by atoms with Gasteiger partial charge in [0.2, 0.25) is 0 Å². The molecule has 0 aromatic heterocycles. The Morgan fingerprint density at radius 1 is 1.12 bits per heavy atom. The summed E-state index contributed by atoms with van der Waals surface area (Å²) < 4.78 is 0. The molecule has 2 heterocycles. The quantitative estimate of drug-likeness (QED) is 0.797. The Kier molecular flexibility index (Phi) is 5.26. The van der Waals surface area contributed by atoms with E-state index in [4.69, 9.17) is 0 Å². The van der Waals surface area contributed by atoms with E-state index < -0.39 is 0 Å². The van der Waals surface area contributed by atoms with Gasteiger partial charge in [0.05, 0.1) is 0 Å². The van der Waals surface area contributed by atoms with Gasteiger partial charge in [0, 0.05) is 39.3 Å². The van der Waals surface area contributed by atoms with E-state index in [0.29, 0.717) is 0 Å². The van der Waals surface area contributed by atoms with Crippen molar-refractivity contribution in [1.82, 2.24) is 15.1 Å². The van der Waals surface area contributed by atoms with Crippen molar-refractivity contribution in [2.24, 2.45) is 11.8 Å². The van der Waals surface area contributed by atoms with Crippen molar-refractivity contribution in [3.63, 3.8) is 0 Å². The summed E-state index contributed by atoms with van der Waals surface area (Å²) in [6.07, 6.45) is 2.80. The lowest BCUT2D eigenvalue weighted by Gasteiger charge is -2.37. The highest BCUT2D eigenvalue weighted by Gasteiger charge is 2.21. The molecule has 17 heavy (non-hydrogen) atoms. The van der Waals surface area contributed by atoms with Crippen LogP contribution < -0.4 is 5.32 Å². The van der Waals surface area contributed by atoms with Crippen molar-refractivity contribution >= 4 is 0 Å². The molecule has 2 saturated heterocycles. The second kappa shape index (κ2) is 6.72. The lowest BCUT2D eigenvalue weighted by atomic mass is 9.99. The third-order valence-corrected chi connectivity index (χ3v) is 4.00. The Morgan fingerprint density at radius 2 is 1.82 bits per heavy atom. The van der Waals surface area contributed by atoms with Crippen LogP contribution in [0.4, 0.5) is 0 Å². The van der Waals surface area contributed by atoms with Crippen LogP contribution in [0.15, 0.2) is 0 Å². The highest BCUT2D eigenvalue weighted by Crippen LogP contribution is 2.13. The molecule has 0 radical (unpaired) electrons. The zero-order valence-corrected chi connectivity index (χ0v) is 11.6. The van der Waals surface area contributed by atoms with Crippen LogP contribution in [0, 0.1) is 11.8 Å². The molecule has 2 fully saturated rings. The summed E-state index contributed by atoms with van der Waals surface area (Å²) in [6, 6.07) is 0. The number of piperidine rings is 1. The summed E-state index contributed by atoms with van der Waals surface area (Å²) in [5.41, 5.74) is 0.